The average Bonchev–Trinajstić information content (AvgIpc) is 2.39. The Kier molecular flexibility index (Phi) is 3.31. The van der Waals surface area contributed by atoms with Gasteiger partial charge < -0.3 is 0 Å². The van der Waals surface area contributed by atoms with Gasteiger partial charge in [0.05, 0.1) is 11.5 Å². The molecule has 19 heavy (non-hydrogen) atoms. The zero-order valence-corrected chi connectivity index (χ0v) is 13.8. The van der Waals surface area contributed by atoms with Crippen LogP contribution < -0.4 is 0 Å². The third-order valence-electron chi connectivity index (χ3n) is 3.18. The van der Waals surface area contributed by atoms with Crippen molar-refractivity contribution >= 4 is 41.7 Å². The molecule has 0 radical (unpaired) electrons. The lowest BCUT2D eigenvalue weighted by Gasteiger charge is -2.09. The van der Waals surface area contributed by atoms with Gasteiger partial charge in [-0.05, 0) is 46.5 Å². The molecule has 0 spiro atoms. The van der Waals surface area contributed by atoms with E-state index in [1.54, 1.807) is 0 Å². The van der Waals surface area contributed by atoms with Crippen LogP contribution in [0.1, 0.15) is 11.1 Å². The van der Waals surface area contributed by atoms with Crippen LogP contribution in [0.3, 0.4) is 0 Å². The summed E-state index contributed by atoms with van der Waals surface area (Å²) in [5, 5.41) is 0. The molecule has 0 saturated carbocycles. The molecule has 2 aromatic carbocycles. The smallest absolute Gasteiger partial charge is 0.158 e. The molecule has 5 heteroatoms. The Morgan fingerprint density at radius 2 is 1.21 bits per heavy atom. The number of fused-ring (bicyclic) bond motifs is 3. The molecule has 2 nitrogen and oxygen atoms in total. The van der Waals surface area contributed by atoms with Gasteiger partial charge >= 0.3 is 0 Å². The van der Waals surface area contributed by atoms with Crippen molar-refractivity contribution in [2.45, 2.75) is 11.5 Å². The Labute approximate surface area is 129 Å². The molecule has 0 fully saturated rings. The average molecular weight is 402 g/mol. The molecular weight excluding hydrogens is 392 g/mol. The minimum absolute atomic E-state index is 0.0913. The first-order valence-electron chi connectivity index (χ1n) is 5.72. The summed E-state index contributed by atoms with van der Waals surface area (Å²) in [6.45, 7) is 0. The molecule has 0 unspecified atom stereocenters. The normalized spacial score (nSPS) is 16.3. The van der Waals surface area contributed by atoms with E-state index in [0.29, 0.717) is 0 Å². The van der Waals surface area contributed by atoms with Gasteiger partial charge in [-0.2, -0.15) is 0 Å². The van der Waals surface area contributed by atoms with Crippen LogP contribution in [0.5, 0.6) is 0 Å². The van der Waals surface area contributed by atoms with E-state index in [4.69, 9.17) is 0 Å². The first kappa shape index (κ1) is 13.3. The number of hydrogen-bond donors (Lipinski definition) is 0. The summed E-state index contributed by atoms with van der Waals surface area (Å²) < 4.78 is 26.2. The fourth-order valence-corrected chi connectivity index (χ4v) is 4.76. The lowest BCUT2D eigenvalue weighted by Crippen LogP contribution is -2.05. The molecule has 3 rings (SSSR count). The SMILES string of the molecule is O=S1(=O)Cc2cc(Br)ccc2-c2ccc(Br)cc2C1. The second kappa shape index (κ2) is 4.72. The standard InChI is InChI=1S/C14H10Br2O2S/c15-11-1-3-13-9(5-11)7-19(17,18)8-10-6-12(16)2-4-14(10)13/h1-6H,7-8H2. The fourth-order valence-electron chi connectivity index (χ4n) is 2.41. The van der Waals surface area contributed by atoms with Gasteiger partial charge in [0, 0.05) is 8.95 Å². The molecule has 0 atom stereocenters. The summed E-state index contributed by atoms with van der Waals surface area (Å²) >= 11 is 6.81. The van der Waals surface area contributed by atoms with Gasteiger partial charge in [0.2, 0.25) is 0 Å². The second-order valence-electron chi connectivity index (χ2n) is 4.64. The molecule has 1 heterocycles. The van der Waals surface area contributed by atoms with Gasteiger partial charge in [0.25, 0.3) is 0 Å². The van der Waals surface area contributed by atoms with Crippen molar-refractivity contribution in [2.75, 3.05) is 0 Å². The van der Waals surface area contributed by atoms with E-state index < -0.39 is 9.84 Å². The van der Waals surface area contributed by atoms with Gasteiger partial charge in [-0.3, -0.25) is 0 Å². The molecular formula is C14H10Br2O2S. The highest BCUT2D eigenvalue weighted by Crippen LogP contribution is 2.36. The largest absolute Gasteiger partial charge is 0.228 e. The zero-order chi connectivity index (χ0) is 13.6. The summed E-state index contributed by atoms with van der Waals surface area (Å²) in [6.07, 6.45) is 0. The maximum absolute atomic E-state index is 12.2. The van der Waals surface area contributed by atoms with Gasteiger partial charge in [-0.15, -0.1) is 0 Å². The third-order valence-corrected chi connectivity index (χ3v) is 5.66. The van der Waals surface area contributed by atoms with Crippen molar-refractivity contribution in [2.24, 2.45) is 0 Å². The molecule has 2 aromatic rings. The topological polar surface area (TPSA) is 34.1 Å². The highest BCUT2D eigenvalue weighted by Gasteiger charge is 2.23. The fraction of sp³-hybridized carbons (Fsp3) is 0.143. The van der Waals surface area contributed by atoms with Gasteiger partial charge in [-0.1, -0.05) is 44.0 Å². The maximum Gasteiger partial charge on any atom is 0.158 e. The summed E-state index contributed by atoms with van der Waals surface area (Å²) in [5.74, 6) is 0.183. The quantitative estimate of drug-likeness (QED) is 0.659. The van der Waals surface area contributed by atoms with E-state index >= 15 is 0 Å². The van der Waals surface area contributed by atoms with E-state index in [9.17, 15) is 8.42 Å². The van der Waals surface area contributed by atoms with E-state index in [1.807, 2.05) is 36.4 Å². The number of halogens is 2. The van der Waals surface area contributed by atoms with E-state index in [1.165, 1.54) is 0 Å². The molecule has 1 aliphatic heterocycles. The highest BCUT2D eigenvalue weighted by molar-refractivity contribution is 9.10. The molecule has 1 aliphatic rings. The van der Waals surface area contributed by atoms with Crippen molar-refractivity contribution in [3.63, 3.8) is 0 Å². The number of hydrogen-bond acceptors (Lipinski definition) is 2. The van der Waals surface area contributed by atoms with Crippen molar-refractivity contribution in [3.8, 4) is 11.1 Å². The van der Waals surface area contributed by atoms with Crippen LogP contribution in [0.4, 0.5) is 0 Å². The van der Waals surface area contributed by atoms with Crippen LogP contribution >= 0.6 is 31.9 Å². The first-order valence-corrected chi connectivity index (χ1v) is 9.13. The van der Waals surface area contributed by atoms with Crippen LogP contribution in [-0.4, -0.2) is 8.42 Å². The lowest BCUT2D eigenvalue weighted by atomic mass is 9.97. The molecule has 0 aromatic heterocycles. The second-order valence-corrected chi connectivity index (χ2v) is 8.53. The van der Waals surface area contributed by atoms with Gasteiger partial charge in [0.1, 0.15) is 0 Å². The van der Waals surface area contributed by atoms with Crippen LogP contribution in [0.15, 0.2) is 45.3 Å². The van der Waals surface area contributed by atoms with E-state index in [0.717, 1.165) is 31.2 Å². The molecule has 0 saturated heterocycles. The Morgan fingerprint density at radius 1 is 0.789 bits per heavy atom. The Hall–Kier alpha value is -0.650. The predicted molar refractivity (Wildman–Crippen MR) is 83.6 cm³/mol. The van der Waals surface area contributed by atoms with Gasteiger partial charge in [0.15, 0.2) is 9.84 Å². The van der Waals surface area contributed by atoms with Crippen LogP contribution in [0.2, 0.25) is 0 Å². The molecule has 0 bridgehead atoms. The minimum Gasteiger partial charge on any atom is -0.228 e. The number of benzene rings is 2. The molecule has 0 aliphatic carbocycles. The summed E-state index contributed by atoms with van der Waals surface area (Å²) in [5.41, 5.74) is 3.73. The maximum atomic E-state index is 12.2. The van der Waals surface area contributed by atoms with Crippen molar-refractivity contribution in [3.05, 3.63) is 56.5 Å². The molecule has 98 valence electrons. The van der Waals surface area contributed by atoms with Crippen LogP contribution in [0.25, 0.3) is 11.1 Å². The molecule has 0 amide bonds. The number of rotatable bonds is 0. The van der Waals surface area contributed by atoms with Crippen molar-refractivity contribution in [1.29, 1.82) is 0 Å². The summed E-state index contributed by atoms with van der Waals surface area (Å²) in [6, 6.07) is 11.6. The van der Waals surface area contributed by atoms with E-state index in [2.05, 4.69) is 31.9 Å². The van der Waals surface area contributed by atoms with Crippen molar-refractivity contribution in [1.82, 2.24) is 0 Å². The van der Waals surface area contributed by atoms with E-state index in [-0.39, 0.29) is 11.5 Å². The third kappa shape index (κ3) is 2.64. The summed E-state index contributed by atoms with van der Waals surface area (Å²) in [4.78, 5) is 0. The number of sulfone groups is 1. The van der Waals surface area contributed by atoms with Crippen LogP contribution in [0, 0.1) is 0 Å². The molecule has 0 N–H and O–H groups in total. The Morgan fingerprint density at radius 3 is 1.63 bits per heavy atom. The Bertz CT molecular complexity index is 708. The highest BCUT2D eigenvalue weighted by atomic mass is 79.9. The van der Waals surface area contributed by atoms with Crippen molar-refractivity contribution < 1.29 is 8.42 Å². The predicted octanol–water partition coefficient (Wildman–Crippen LogP) is 4.31. The first-order chi connectivity index (χ1) is 8.94. The zero-order valence-electron chi connectivity index (χ0n) is 9.86. The monoisotopic (exact) mass is 400 g/mol. The lowest BCUT2D eigenvalue weighted by molar-refractivity contribution is 0.595. The minimum atomic E-state index is -3.12. The van der Waals surface area contributed by atoms with Gasteiger partial charge in [-0.25, -0.2) is 8.42 Å². The Balaban J connectivity index is 2.34. The summed E-state index contributed by atoms with van der Waals surface area (Å²) in [7, 11) is -3.12. The van der Waals surface area contributed by atoms with Crippen LogP contribution in [-0.2, 0) is 21.3 Å².